The molecule has 1 saturated carbocycles. The van der Waals surface area contributed by atoms with Crippen LogP contribution in [-0.2, 0) is 6.18 Å². The van der Waals surface area contributed by atoms with Gasteiger partial charge in [0.1, 0.15) is 11.5 Å². The van der Waals surface area contributed by atoms with E-state index >= 15 is 0 Å². The minimum atomic E-state index is -4.54. The maximum absolute atomic E-state index is 13.5. The van der Waals surface area contributed by atoms with Crippen molar-refractivity contribution in [3.05, 3.63) is 53.7 Å². The van der Waals surface area contributed by atoms with Crippen LogP contribution in [0.5, 0.6) is 0 Å². The topological polar surface area (TPSA) is 102 Å². The summed E-state index contributed by atoms with van der Waals surface area (Å²) in [5.74, 6) is 0.316. The third kappa shape index (κ3) is 3.65. The number of fused-ring (bicyclic) bond motifs is 2. The van der Waals surface area contributed by atoms with E-state index in [0.29, 0.717) is 23.8 Å². The van der Waals surface area contributed by atoms with Gasteiger partial charge < -0.3 is 10.2 Å². The van der Waals surface area contributed by atoms with Crippen molar-refractivity contribution in [1.29, 1.82) is 0 Å². The smallest absolute Gasteiger partial charge is 0.364 e. The fraction of sp³-hybridized carbons (Fsp3) is 0.400. The zero-order valence-electron chi connectivity index (χ0n) is 17.0. The van der Waals surface area contributed by atoms with Crippen LogP contribution >= 0.6 is 0 Å². The van der Waals surface area contributed by atoms with E-state index < -0.39 is 11.9 Å². The minimum absolute atomic E-state index is 0.127. The van der Waals surface area contributed by atoms with Crippen LogP contribution < -0.4 is 5.32 Å². The molecule has 2 bridgehead atoms. The molecule has 4 heterocycles. The summed E-state index contributed by atoms with van der Waals surface area (Å²) in [5, 5.41) is 18.3. The van der Waals surface area contributed by atoms with Crippen molar-refractivity contribution < 1.29 is 18.0 Å². The highest BCUT2D eigenvalue weighted by Crippen LogP contribution is 2.40. The van der Waals surface area contributed by atoms with Crippen molar-refractivity contribution in [1.82, 2.24) is 35.1 Å². The number of anilines is 1. The molecule has 2 fully saturated rings. The lowest BCUT2D eigenvalue weighted by molar-refractivity contribution is -0.141. The van der Waals surface area contributed by atoms with Gasteiger partial charge >= 0.3 is 6.18 Å². The molecule has 1 N–H and O–H groups in total. The molecule has 1 saturated heterocycles. The Morgan fingerprint density at radius 2 is 1.88 bits per heavy atom. The largest absolute Gasteiger partial charge is 0.435 e. The van der Waals surface area contributed by atoms with Gasteiger partial charge in [0, 0.05) is 18.3 Å². The predicted octanol–water partition coefficient (Wildman–Crippen LogP) is 2.49. The van der Waals surface area contributed by atoms with Crippen molar-refractivity contribution in [3.8, 4) is 5.69 Å². The van der Waals surface area contributed by atoms with Gasteiger partial charge in [-0.2, -0.15) is 23.4 Å². The van der Waals surface area contributed by atoms with Crippen LogP contribution in [-0.4, -0.2) is 59.6 Å². The molecule has 0 aromatic carbocycles. The van der Waals surface area contributed by atoms with Crippen LogP contribution in [0.3, 0.4) is 0 Å². The molecule has 3 aromatic rings. The predicted molar refractivity (Wildman–Crippen MR) is 106 cm³/mol. The third-order valence-electron chi connectivity index (χ3n) is 5.88. The number of amides is 1. The average Bonchev–Trinajstić information content (AvgIpc) is 3.50. The van der Waals surface area contributed by atoms with Gasteiger partial charge in [-0.15, -0.1) is 15.0 Å². The number of alkyl halides is 3. The van der Waals surface area contributed by atoms with Crippen molar-refractivity contribution in [2.75, 3.05) is 11.9 Å². The Labute approximate surface area is 180 Å². The molecular weight excluding hydrogens is 425 g/mol. The third-order valence-corrected chi connectivity index (χ3v) is 5.88. The summed E-state index contributed by atoms with van der Waals surface area (Å²) in [7, 11) is 0. The zero-order valence-corrected chi connectivity index (χ0v) is 17.0. The molecule has 5 rings (SSSR count). The molecular formula is C20H19F3N8O. The number of halogens is 3. The number of likely N-dealkylation sites (tertiary alicyclic amines) is 1. The monoisotopic (exact) mass is 444 g/mol. The van der Waals surface area contributed by atoms with Gasteiger partial charge in [0.25, 0.3) is 5.91 Å². The normalized spacial score (nSPS) is 22.4. The second kappa shape index (κ2) is 7.53. The number of aromatic nitrogens is 6. The summed E-state index contributed by atoms with van der Waals surface area (Å²) in [6, 6.07) is 5.44. The average molecular weight is 444 g/mol. The highest BCUT2D eigenvalue weighted by atomic mass is 19.4. The van der Waals surface area contributed by atoms with Crippen molar-refractivity contribution in [3.63, 3.8) is 0 Å². The molecule has 32 heavy (non-hydrogen) atoms. The van der Waals surface area contributed by atoms with E-state index in [1.807, 2.05) is 0 Å². The second-order valence-electron chi connectivity index (χ2n) is 8.05. The highest BCUT2D eigenvalue weighted by Gasteiger charge is 2.48. The first-order valence-corrected chi connectivity index (χ1v) is 10.1. The number of piperidine rings is 1. The maximum atomic E-state index is 13.5. The van der Waals surface area contributed by atoms with E-state index in [9.17, 15) is 18.0 Å². The molecule has 0 spiro atoms. The first-order valence-electron chi connectivity index (χ1n) is 10.1. The van der Waals surface area contributed by atoms with E-state index in [1.165, 1.54) is 23.3 Å². The van der Waals surface area contributed by atoms with Crippen LogP contribution in [0.1, 0.15) is 34.7 Å². The molecule has 3 atom stereocenters. The molecule has 12 heteroatoms. The van der Waals surface area contributed by atoms with Crippen LogP contribution in [0.4, 0.5) is 19.0 Å². The van der Waals surface area contributed by atoms with Crippen LogP contribution in [0, 0.1) is 12.8 Å². The Morgan fingerprint density at radius 1 is 1.09 bits per heavy atom. The van der Waals surface area contributed by atoms with E-state index in [2.05, 4.69) is 30.7 Å². The molecule has 0 radical (unpaired) electrons. The molecule has 1 aliphatic carbocycles. The summed E-state index contributed by atoms with van der Waals surface area (Å²) in [6.07, 6.45) is 0.113. The van der Waals surface area contributed by atoms with E-state index in [1.54, 1.807) is 24.0 Å². The molecule has 3 aromatic heterocycles. The van der Waals surface area contributed by atoms with Gasteiger partial charge in [0.2, 0.25) is 0 Å². The fourth-order valence-corrected chi connectivity index (χ4v) is 4.51. The molecule has 1 aliphatic heterocycles. The number of pyridine rings is 1. The Hall–Kier alpha value is -3.57. The number of hydrogen-bond donors (Lipinski definition) is 1. The fourth-order valence-electron chi connectivity index (χ4n) is 4.51. The number of carbonyl (C=O) groups is 1. The lowest BCUT2D eigenvalue weighted by Gasteiger charge is -2.34. The van der Waals surface area contributed by atoms with Gasteiger partial charge in [-0.3, -0.25) is 4.79 Å². The van der Waals surface area contributed by atoms with E-state index in [0.717, 1.165) is 18.9 Å². The SMILES string of the molecule is Cc1ccc(-n2nccn2)c(C(=O)N2CC3CC2[C@@H](Nc2ccc(C(F)(F)F)nn2)C3)n1. The molecule has 2 aliphatic rings. The van der Waals surface area contributed by atoms with Crippen LogP contribution in [0.15, 0.2) is 36.7 Å². The van der Waals surface area contributed by atoms with Crippen molar-refractivity contribution in [2.45, 2.75) is 38.0 Å². The van der Waals surface area contributed by atoms with Crippen LogP contribution in [0.25, 0.3) is 5.69 Å². The molecule has 9 nitrogen and oxygen atoms in total. The highest BCUT2D eigenvalue weighted by molar-refractivity contribution is 5.96. The van der Waals surface area contributed by atoms with Crippen molar-refractivity contribution >= 4 is 11.7 Å². The first-order chi connectivity index (χ1) is 15.3. The number of hydrogen-bond acceptors (Lipinski definition) is 7. The Bertz CT molecular complexity index is 1130. The molecule has 1 amide bonds. The lowest BCUT2D eigenvalue weighted by Crippen LogP contribution is -2.48. The number of nitrogens with one attached hydrogen (secondary N) is 1. The lowest BCUT2D eigenvalue weighted by atomic mass is 10.0. The first kappa shape index (κ1) is 20.3. The quantitative estimate of drug-likeness (QED) is 0.660. The Kier molecular flexibility index (Phi) is 4.79. The number of rotatable bonds is 4. The molecule has 2 unspecified atom stereocenters. The number of aryl methyl sites for hydroxylation is 1. The Morgan fingerprint density at radius 3 is 2.53 bits per heavy atom. The van der Waals surface area contributed by atoms with Gasteiger partial charge in [0.05, 0.1) is 18.4 Å². The summed E-state index contributed by atoms with van der Waals surface area (Å²) in [5.41, 5.74) is 0.412. The Balaban J connectivity index is 1.37. The minimum Gasteiger partial charge on any atom is -0.364 e. The number of carbonyl (C=O) groups excluding carboxylic acids is 1. The maximum Gasteiger partial charge on any atom is 0.435 e. The van der Waals surface area contributed by atoms with E-state index in [4.69, 9.17) is 0 Å². The summed E-state index contributed by atoms with van der Waals surface area (Å²) in [6.45, 7) is 2.41. The van der Waals surface area contributed by atoms with Gasteiger partial charge in [-0.25, -0.2) is 4.98 Å². The van der Waals surface area contributed by atoms with Gasteiger partial charge in [-0.1, -0.05) is 0 Å². The summed E-state index contributed by atoms with van der Waals surface area (Å²) in [4.78, 5) is 21.1. The standard InChI is InChI=1S/C20H19F3N8O/c1-11-2-3-14(31-24-6-7-25-31)18(26-11)19(32)30-10-12-8-13(15(30)9-12)27-17-5-4-16(28-29-17)20(21,22)23/h2-7,12-13,15H,8-10H2,1H3,(H,27,29)/t12?,13-,15?/m0/s1. The second-order valence-corrected chi connectivity index (χ2v) is 8.05. The number of nitrogens with zero attached hydrogens (tertiary/aromatic N) is 7. The van der Waals surface area contributed by atoms with Crippen LogP contribution in [0.2, 0.25) is 0 Å². The molecule has 166 valence electrons. The van der Waals surface area contributed by atoms with Gasteiger partial charge in [-0.05, 0) is 49.9 Å². The van der Waals surface area contributed by atoms with E-state index in [-0.39, 0.29) is 29.5 Å². The summed E-state index contributed by atoms with van der Waals surface area (Å²) >= 11 is 0. The summed E-state index contributed by atoms with van der Waals surface area (Å²) < 4.78 is 38.2. The zero-order chi connectivity index (χ0) is 22.5. The van der Waals surface area contributed by atoms with Gasteiger partial charge in [0.15, 0.2) is 11.4 Å². The van der Waals surface area contributed by atoms with Crippen molar-refractivity contribution in [2.24, 2.45) is 5.92 Å².